The molecule has 0 saturated heterocycles. The average molecular weight is 612 g/mol. The van der Waals surface area contributed by atoms with Crippen LogP contribution in [0.3, 0.4) is 0 Å². The van der Waals surface area contributed by atoms with E-state index in [2.05, 4.69) is 182 Å². The third-order valence-corrected chi connectivity index (χ3v) is 10.8. The van der Waals surface area contributed by atoms with Gasteiger partial charge in [0.2, 0.25) is 0 Å². The molecule has 1 aliphatic rings. The van der Waals surface area contributed by atoms with Gasteiger partial charge < -0.3 is 4.57 Å². The highest BCUT2D eigenvalue weighted by molar-refractivity contribution is 6.22. The van der Waals surface area contributed by atoms with Crippen molar-refractivity contribution in [2.24, 2.45) is 0 Å². The first-order valence-electron chi connectivity index (χ1n) is 16.9. The summed E-state index contributed by atoms with van der Waals surface area (Å²) in [6.45, 7) is 4.76. The maximum Gasteiger partial charge on any atom is 0.0541 e. The number of nitrogens with zero attached hydrogens (tertiary/aromatic N) is 1. The topological polar surface area (TPSA) is 4.93 Å². The minimum Gasteiger partial charge on any atom is -0.309 e. The van der Waals surface area contributed by atoms with Crippen molar-refractivity contribution >= 4 is 43.4 Å². The van der Waals surface area contributed by atoms with Crippen molar-refractivity contribution in [2.45, 2.75) is 19.3 Å². The van der Waals surface area contributed by atoms with Gasteiger partial charge in [-0.1, -0.05) is 141 Å². The molecule has 0 bridgehead atoms. The SMILES string of the molecule is CC1(C)c2ccccc2-c2cc3c(-c4ccccc4)c4ccccc4c(-c4ccc(-n5c6ccccc6c6ccccc65)cc4)c3cc21. The van der Waals surface area contributed by atoms with Crippen LogP contribution < -0.4 is 0 Å². The first-order valence-corrected chi connectivity index (χ1v) is 16.9. The predicted molar refractivity (Wildman–Crippen MR) is 204 cm³/mol. The quantitative estimate of drug-likeness (QED) is 0.175. The Morgan fingerprint density at radius 3 is 1.52 bits per heavy atom. The molecule has 1 heterocycles. The molecule has 0 N–H and O–H groups in total. The van der Waals surface area contributed by atoms with Crippen molar-refractivity contribution in [3.05, 3.63) is 175 Å². The van der Waals surface area contributed by atoms with E-state index in [4.69, 9.17) is 0 Å². The van der Waals surface area contributed by atoms with E-state index in [1.54, 1.807) is 0 Å². The van der Waals surface area contributed by atoms with Gasteiger partial charge >= 0.3 is 0 Å². The zero-order valence-electron chi connectivity index (χ0n) is 27.0. The summed E-state index contributed by atoms with van der Waals surface area (Å²) in [4.78, 5) is 0. The third-order valence-electron chi connectivity index (χ3n) is 10.8. The van der Waals surface area contributed by atoms with Crippen molar-refractivity contribution in [3.63, 3.8) is 0 Å². The second kappa shape index (κ2) is 10.0. The van der Waals surface area contributed by atoms with E-state index < -0.39 is 0 Å². The molecule has 8 aromatic carbocycles. The van der Waals surface area contributed by atoms with Gasteiger partial charge in [-0.2, -0.15) is 0 Å². The maximum atomic E-state index is 2.51. The second-order valence-electron chi connectivity index (χ2n) is 13.7. The lowest BCUT2D eigenvalue weighted by Gasteiger charge is -2.24. The van der Waals surface area contributed by atoms with E-state index in [0.717, 1.165) is 0 Å². The highest BCUT2D eigenvalue weighted by Gasteiger charge is 2.36. The lowest BCUT2D eigenvalue weighted by Crippen LogP contribution is -2.14. The van der Waals surface area contributed by atoms with Gasteiger partial charge in [-0.3, -0.25) is 0 Å². The van der Waals surface area contributed by atoms with E-state index in [9.17, 15) is 0 Å². The minimum absolute atomic E-state index is 0.0870. The molecular formula is C47H33N. The summed E-state index contributed by atoms with van der Waals surface area (Å²) < 4.78 is 2.40. The minimum atomic E-state index is -0.0870. The van der Waals surface area contributed by atoms with E-state index in [0.29, 0.717) is 0 Å². The second-order valence-corrected chi connectivity index (χ2v) is 13.7. The summed E-state index contributed by atoms with van der Waals surface area (Å²) >= 11 is 0. The molecule has 1 heteroatoms. The molecule has 0 radical (unpaired) electrons. The Kier molecular flexibility index (Phi) is 5.69. The number of rotatable bonds is 3. The first kappa shape index (κ1) is 27.2. The summed E-state index contributed by atoms with van der Waals surface area (Å²) in [6.07, 6.45) is 0. The van der Waals surface area contributed by atoms with Crippen LogP contribution in [0.15, 0.2) is 164 Å². The molecule has 1 aromatic heterocycles. The van der Waals surface area contributed by atoms with E-state index >= 15 is 0 Å². The smallest absolute Gasteiger partial charge is 0.0541 e. The summed E-state index contributed by atoms with van der Waals surface area (Å²) in [5, 5.41) is 7.72. The van der Waals surface area contributed by atoms with Crippen molar-refractivity contribution in [3.8, 4) is 39.1 Å². The normalized spacial score (nSPS) is 13.4. The number of hydrogen-bond donors (Lipinski definition) is 0. The van der Waals surface area contributed by atoms with Crippen molar-refractivity contribution in [1.82, 2.24) is 4.57 Å². The Morgan fingerprint density at radius 1 is 0.375 bits per heavy atom. The van der Waals surface area contributed by atoms with Crippen molar-refractivity contribution < 1.29 is 0 Å². The van der Waals surface area contributed by atoms with Gasteiger partial charge in [0.25, 0.3) is 0 Å². The van der Waals surface area contributed by atoms with Gasteiger partial charge in [-0.05, 0) is 102 Å². The molecule has 0 atom stereocenters. The highest BCUT2D eigenvalue weighted by Crippen LogP contribution is 2.53. The Hall–Kier alpha value is -5.92. The number of aromatic nitrogens is 1. The highest BCUT2D eigenvalue weighted by atomic mass is 15.0. The molecule has 0 spiro atoms. The number of hydrogen-bond acceptors (Lipinski definition) is 0. The molecular weight excluding hydrogens is 579 g/mol. The van der Waals surface area contributed by atoms with Crippen LogP contribution in [0.2, 0.25) is 0 Å². The van der Waals surface area contributed by atoms with Crippen LogP contribution >= 0.6 is 0 Å². The zero-order chi connectivity index (χ0) is 32.0. The summed E-state index contributed by atoms with van der Waals surface area (Å²) in [6, 6.07) is 60.6. The van der Waals surface area contributed by atoms with Crippen LogP contribution in [0.1, 0.15) is 25.0 Å². The fraction of sp³-hybridized carbons (Fsp3) is 0.0638. The molecule has 226 valence electrons. The lowest BCUT2D eigenvalue weighted by molar-refractivity contribution is 0.661. The number of fused-ring (bicyclic) bond motifs is 8. The van der Waals surface area contributed by atoms with E-state index in [-0.39, 0.29) is 5.41 Å². The van der Waals surface area contributed by atoms with Crippen LogP contribution in [-0.4, -0.2) is 4.57 Å². The zero-order valence-corrected chi connectivity index (χ0v) is 27.0. The number of para-hydroxylation sites is 2. The largest absolute Gasteiger partial charge is 0.309 e. The summed E-state index contributed by atoms with van der Waals surface area (Å²) in [7, 11) is 0. The molecule has 1 aliphatic carbocycles. The predicted octanol–water partition coefficient (Wildman–Crippen LogP) is 12.7. The van der Waals surface area contributed by atoms with Gasteiger partial charge in [0, 0.05) is 21.9 Å². The molecule has 10 rings (SSSR count). The Morgan fingerprint density at radius 2 is 0.875 bits per heavy atom. The van der Waals surface area contributed by atoms with E-state index in [1.165, 1.54) is 93.5 Å². The molecule has 0 fully saturated rings. The van der Waals surface area contributed by atoms with Crippen molar-refractivity contribution in [1.29, 1.82) is 0 Å². The van der Waals surface area contributed by atoms with Gasteiger partial charge in [-0.25, -0.2) is 0 Å². The van der Waals surface area contributed by atoms with Crippen LogP contribution in [0.5, 0.6) is 0 Å². The monoisotopic (exact) mass is 611 g/mol. The van der Waals surface area contributed by atoms with Crippen LogP contribution in [0.4, 0.5) is 0 Å². The molecule has 9 aromatic rings. The van der Waals surface area contributed by atoms with Gasteiger partial charge in [0.05, 0.1) is 11.0 Å². The third kappa shape index (κ3) is 3.73. The Balaban J connectivity index is 1.28. The molecule has 0 saturated carbocycles. The summed E-state index contributed by atoms with van der Waals surface area (Å²) in [5.74, 6) is 0. The molecule has 0 unspecified atom stereocenters. The van der Waals surface area contributed by atoms with Crippen LogP contribution in [0, 0.1) is 0 Å². The maximum absolute atomic E-state index is 2.51. The first-order chi connectivity index (χ1) is 23.6. The summed E-state index contributed by atoms with van der Waals surface area (Å²) in [5.41, 5.74) is 14.1. The van der Waals surface area contributed by atoms with Gasteiger partial charge in [0.15, 0.2) is 0 Å². The van der Waals surface area contributed by atoms with Crippen LogP contribution in [0.25, 0.3) is 82.4 Å². The van der Waals surface area contributed by atoms with E-state index in [1.807, 2.05) is 0 Å². The fourth-order valence-electron chi connectivity index (χ4n) is 8.58. The number of benzene rings is 8. The molecule has 1 nitrogen and oxygen atoms in total. The Bertz CT molecular complexity index is 2670. The molecule has 0 amide bonds. The lowest BCUT2D eigenvalue weighted by atomic mass is 9.79. The Labute approximate surface area is 280 Å². The average Bonchev–Trinajstić information content (AvgIpc) is 3.59. The van der Waals surface area contributed by atoms with Gasteiger partial charge in [-0.15, -0.1) is 0 Å². The van der Waals surface area contributed by atoms with Gasteiger partial charge in [0.1, 0.15) is 0 Å². The molecule has 48 heavy (non-hydrogen) atoms. The molecule has 0 aliphatic heterocycles. The van der Waals surface area contributed by atoms with Crippen LogP contribution in [-0.2, 0) is 5.41 Å². The van der Waals surface area contributed by atoms with Crippen molar-refractivity contribution in [2.75, 3.05) is 0 Å². The standard InChI is InChI=1S/C47H33N/c1-47(2)41-21-11-8-16-33(41)38-28-39-40(29-42(38)47)46(37-20-7-6-19-36(37)45(39)30-14-4-3-5-15-30)31-24-26-32(27-25-31)48-43-22-12-9-17-34(43)35-18-10-13-23-44(35)48/h3-29H,1-2H3. The fourth-order valence-corrected chi connectivity index (χ4v) is 8.58.